The van der Waals surface area contributed by atoms with Gasteiger partial charge < -0.3 is 4.90 Å². The quantitative estimate of drug-likeness (QED) is 0.583. The van der Waals surface area contributed by atoms with Gasteiger partial charge in [-0.05, 0) is 36.4 Å². The molecular formula is C16H15ClFN3O4S. The van der Waals surface area contributed by atoms with Gasteiger partial charge in [0, 0.05) is 43.0 Å². The molecule has 2 aromatic carbocycles. The van der Waals surface area contributed by atoms with Crippen LogP contribution < -0.4 is 4.90 Å². The molecule has 0 aliphatic carbocycles. The Morgan fingerprint density at radius 3 is 2.23 bits per heavy atom. The molecule has 0 unspecified atom stereocenters. The molecule has 2 aromatic rings. The highest BCUT2D eigenvalue weighted by atomic mass is 35.5. The molecule has 0 aromatic heterocycles. The van der Waals surface area contributed by atoms with Gasteiger partial charge in [0.25, 0.3) is 5.69 Å². The zero-order valence-electron chi connectivity index (χ0n) is 13.5. The van der Waals surface area contributed by atoms with E-state index in [1.165, 1.54) is 22.5 Å². The first kappa shape index (κ1) is 18.6. The van der Waals surface area contributed by atoms with Crippen molar-refractivity contribution in [3.63, 3.8) is 0 Å². The summed E-state index contributed by atoms with van der Waals surface area (Å²) in [5.41, 5.74) is 0.249. The van der Waals surface area contributed by atoms with Crippen molar-refractivity contribution < 1.29 is 17.7 Å². The average Bonchev–Trinajstić information content (AvgIpc) is 2.62. The molecule has 0 amide bonds. The van der Waals surface area contributed by atoms with Gasteiger partial charge >= 0.3 is 0 Å². The standard InChI is InChI=1S/C16H15ClFN3O4S/c17-12-1-6-16(15(11-12)21(22)23)26(24,25)20-9-7-19(8-10-20)14-4-2-13(18)3-5-14/h1-6,11H,7-10H2. The number of hydrogen-bond donors (Lipinski definition) is 0. The maximum absolute atomic E-state index is 13.0. The SMILES string of the molecule is O=[N+]([O-])c1cc(Cl)ccc1S(=O)(=O)N1CCN(c2ccc(F)cc2)CC1. The highest BCUT2D eigenvalue weighted by molar-refractivity contribution is 7.89. The molecule has 138 valence electrons. The average molecular weight is 400 g/mol. The Bertz CT molecular complexity index is 929. The van der Waals surface area contributed by atoms with Crippen LogP contribution in [0.4, 0.5) is 15.8 Å². The normalized spacial score (nSPS) is 15.8. The highest BCUT2D eigenvalue weighted by Gasteiger charge is 2.34. The van der Waals surface area contributed by atoms with E-state index in [1.807, 2.05) is 4.90 Å². The Labute approximate surface area is 154 Å². The van der Waals surface area contributed by atoms with E-state index in [0.29, 0.717) is 13.1 Å². The number of anilines is 1. The molecule has 1 aliphatic heterocycles. The van der Waals surface area contributed by atoms with E-state index < -0.39 is 20.6 Å². The Hall–Kier alpha value is -2.23. The summed E-state index contributed by atoms with van der Waals surface area (Å²) in [7, 11) is -4.02. The summed E-state index contributed by atoms with van der Waals surface area (Å²) < 4.78 is 39.9. The van der Waals surface area contributed by atoms with Crippen LogP contribution in [0, 0.1) is 15.9 Å². The molecular weight excluding hydrogens is 385 g/mol. The molecule has 26 heavy (non-hydrogen) atoms. The van der Waals surface area contributed by atoms with E-state index in [9.17, 15) is 22.9 Å². The molecule has 0 bridgehead atoms. The second-order valence-electron chi connectivity index (χ2n) is 5.74. The van der Waals surface area contributed by atoms with E-state index in [0.717, 1.165) is 17.8 Å². The number of halogens is 2. The lowest BCUT2D eigenvalue weighted by atomic mass is 10.2. The number of nitro groups is 1. The monoisotopic (exact) mass is 399 g/mol. The number of sulfonamides is 1. The van der Waals surface area contributed by atoms with Crippen LogP contribution in [-0.2, 0) is 10.0 Å². The third-order valence-corrected chi connectivity index (χ3v) is 6.35. The molecule has 1 fully saturated rings. The second-order valence-corrected chi connectivity index (χ2v) is 8.08. The van der Waals surface area contributed by atoms with E-state index in [2.05, 4.69) is 0 Å². The van der Waals surface area contributed by atoms with Crippen molar-refractivity contribution >= 4 is 33.0 Å². The third kappa shape index (κ3) is 3.64. The minimum atomic E-state index is -4.02. The van der Waals surface area contributed by atoms with Crippen LogP contribution in [0.5, 0.6) is 0 Å². The van der Waals surface area contributed by atoms with Gasteiger partial charge in [-0.15, -0.1) is 0 Å². The lowest BCUT2D eigenvalue weighted by molar-refractivity contribution is -0.387. The van der Waals surface area contributed by atoms with Crippen LogP contribution >= 0.6 is 11.6 Å². The minimum Gasteiger partial charge on any atom is -0.369 e. The van der Waals surface area contributed by atoms with E-state index in [1.54, 1.807) is 12.1 Å². The lowest BCUT2D eigenvalue weighted by Gasteiger charge is -2.35. The molecule has 0 saturated carbocycles. The first-order chi connectivity index (χ1) is 12.3. The first-order valence-corrected chi connectivity index (χ1v) is 9.55. The summed E-state index contributed by atoms with van der Waals surface area (Å²) >= 11 is 5.75. The van der Waals surface area contributed by atoms with Crippen molar-refractivity contribution in [3.05, 3.63) is 63.4 Å². The van der Waals surface area contributed by atoms with Crippen molar-refractivity contribution in [3.8, 4) is 0 Å². The molecule has 3 rings (SSSR count). The summed E-state index contributed by atoms with van der Waals surface area (Å²) in [5, 5.41) is 11.3. The summed E-state index contributed by atoms with van der Waals surface area (Å²) in [6.45, 7) is 1.12. The fourth-order valence-electron chi connectivity index (χ4n) is 2.83. The Morgan fingerprint density at radius 1 is 1.04 bits per heavy atom. The van der Waals surface area contributed by atoms with Crippen LogP contribution in [0.2, 0.25) is 5.02 Å². The molecule has 7 nitrogen and oxygen atoms in total. The molecule has 1 heterocycles. The van der Waals surface area contributed by atoms with E-state index in [-0.39, 0.29) is 28.8 Å². The molecule has 1 aliphatic rings. The zero-order valence-corrected chi connectivity index (χ0v) is 15.1. The van der Waals surface area contributed by atoms with Gasteiger partial charge in [-0.3, -0.25) is 10.1 Å². The van der Waals surface area contributed by atoms with Crippen LogP contribution in [0.25, 0.3) is 0 Å². The fourth-order valence-corrected chi connectivity index (χ4v) is 4.56. The van der Waals surface area contributed by atoms with Crippen molar-refractivity contribution in [1.82, 2.24) is 4.31 Å². The van der Waals surface area contributed by atoms with Gasteiger partial charge in [0.15, 0.2) is 4.90 Å². The largest absolute Gasteiger partial charge is 0.369 e. The second kappa shape index (κ2) is 7.18. The summed E-state index contributed by atoms with van der Waals surface area (Å²) in [5.74, 6) is -0.343. The molecule has 0 atom stereocenters. The van der Waals surface area contributed by atoms with Crippen molar-refractivity contribution in [2.75, 3.05) is 31.1 Å². The summed E-state index contributed by atoms with van der Waals surface area (Å²) in [6, 6.07) is 9.44. The number of piperazine rings is 1. The molecule has 0 spiro atoms. The van der Waals surface area contributed by atoms with Gasteiger partial charge in [-0.2, -0.15) is 4.31 Å². The third-order valence-electron chi connectivity index (χ3n) is 4.17. The Kier molecular flexibility index (Phi) is 5.12. The van der Waals surface area contributed by atoms with Crippen molar-refractivity contribution in [1.29, 1.82) is 0 Å². The minimum absolute atomic E-state index is 0.0942. The van der Waals surface area contributed by atoms with Crippen LogP contribution in [0.3, 0.4) is 0 Å². The highest BCUT2D eigenvalue weighted by Crippen LogP contribution is 2.30. The number of benzene rings is 2. The molecule has 0 N–H and O–H groups in total. The predicted molar refractivity (Wildman–Crippen MR) is 95.5 cm³/mol. The topological polar surface area (TPSA) is 83.8 Å². The number of rotatable bonds is 4. The van der Waals surface area contributed by atoms with Crippen molar-refractivity contribution in [2.45, 2.75) is 4.90 Å². The molecule has 1 saturated heterocycles. The van der Waals surface area contributed by atoms with Crippen molar-refractivity contribution in [2.24, 2.45) is 0 Å². The lowest BCUT2D eigenvalue weighted by Crippen LogP contribution is -2.48. The van der Waals surface area contributed by atoms with Crippen LogP contribution in [-0.4, -0.2) is 43.8 Å². The number of hydrogen-bond acceptors (Lipinski definition) is 5. The van der Waals surface area contributed by atoms with Crippen LogP contribution in [0.1, 0.15) is 0 Å². The number of nitro benzene ring substituents is 1. The molecule has 10 heteroatoms. The van der Waals surface area contributed by atoms with E-state index >= 15 is 0 Å². The maximum Gasteiger partial charge on any atom is 0.290 e. The Balaban J connectivity index is 1.80. The van der Waals surface area contributed by atoms with Gasteiger partial charge in [-0.1, -0.05) is 11.6 Å². The Morgan fingerprint density at radius 2 is 1.65 bits per heavy atom. The van der Waals surface area contributed by atoms with Gasteiger partial charge in [0.05, 0.1) is 4.92 Å². The summed E-state index contributed by atoms with van der Waals surface area (Å²) in [4.78, 5) is 12.0. The fraction of sp³-hybridized carbons (Fsp3) is 0.250. The van der Waals surface area contributed by atoms with E-state index in [4.69, 9.17) is 11.6 Å². The maximum atomic E-state index is 13.0. The van der Waals surface area contributed by atoms with Gasteiger partial charge in [-0.25, -0.2) is 12.8 Å². The van der Waals surface area contributed by atoms with Crippen LogP contribution in [0.15, 0.2) is 47.4 Å². The van der Waals surface area contributed by atoms with Gasteiger partial charge in [0.1, 0.15) is 5.82 Å². The van der Waals surface area contributed by atoms with Gasteiger partial charge in [0.2, 0.25) is 10.0 Å². The summed E-state index contributed by atoms with van der Waals surface area (Å²) in [6.07, 6.45) is 0. The molecule has 0 radical (unpaired) electrons. The zero-order chi connectivity index (χ0) is 18.9. The predicted octanol–water partition coefficient (Wildman–Crippen LogP) is 2.90. The first-order valence-electron chi connectivity index (χ1n) is 7.73. The smallest absolute Gasteiger partial charge is 0.290 e. The number of nitrogens with zero attached hydrogens (tertiary/aromatic N) is 3.